The third-order valence-corrected chi connectivity index (χ3v) is 3.36. The van der Waals surface area contributed by atoms with Crippen LogP contribution in [-0.2, 0) is 0 Å². The average molecular weight is 225 g/mol. The second kappa shape index (κ2) is 4.03. The van der Waals surface area contributed by atoms with Crippen LogP contribution in [0.1, 0.15) is 18.0 Å². The van der Waals surface area contributed by atoms with E-state index in [4.69, 9.17) is 11.6 Å². The Morgan fingerprint density at radius 3 is 2.80 bits per heavy atom. The molecule has 1 aliphatic heterocycles. The summed E-state index contributed by atoms with van der Waals surface area (Å²) in [5, 5.41) is 0.830. The number of hydrogen-bond acceptors (Lipinski definition) is 2. The van der Waals surface area contributed by atoms with Crippen molar-refractivity contribution in [2.24, 2.45) is 0 Å². The minimum absolute atomic E-state index is 0.495. The van der Waals surface area contributed by atoms with E-state index in [0.29, 0.717) is 6.04 Å². The Morgan fingerprint density at radius 1 is 1.40 bits per heavy atom. The van der Waals surface area contributed by atoms with Crippen LogP contribution in [-0.4, -0.2) is 32.6 Å². The summed E-state index contributed by atoms with van der Waals surface area (Å²) in [5.41, 5.74) is 2.66. The zero-order valence-electron chi connectivity index (χ0n) is 9.50. The highest BCUT2D eigenvalue weighted by Crippen LogP contribution is 2.36. The van der Waals surface area contributed by atoms with E-state index in [1.807, 2.05) is 6.07 Å². The van der Waals surface area contributed by atoms with Gasteiger partial charge < -0.3 is 9.80 Å². The van der Waals surface area contributed by atoms with Gasteiger partial charge in [0.1, 0.15) is 0 Å². The molecule has 15 heavy (non-hydrogen) atoms. The van der Waals surface area contributed by atoms with Crippen LogP contribution in [0.3, 0.4) is 0 Å². The predicted molar refractivity (Wildman–Crippen MR) is 65.8 cm³/mol. The highest BCUT2D eigenvalue weighted by atomic mass is 35.5. The van der Waals surface area contributed by atoms with Crippen molar-refractivity contribution >= 4 is 17.3 Å². The Hall–Kier alpha value is -0.730. The van der Waals surface area contributed by atoms with Gasteiger partial charge in [-0.3, -0.25) is 0 Å². The molecular weight excluding hydrogens is 208 g/mol. The molecule has 0 spiro atoms. The van der Waals surface area contributed by atoms with Gasteiger partial charge >= 0.3 is 0 Å². The quantitative estimate of drug-likeness (QED) is 0.724. The normalized spacial score (nSPS) is 20.6. The number of hydrogen-bond donors (Lipinski definition) is 0. The van der Waals surface area contributed by atoms with Crippen LogP contribution in [0.4, 0.5) is 5.69 Å². The molecule has 1 atom stereocenters. The first kappa shape index (κ1) is 10.8. The summed E-state index contributed by atoms with van der Waals surface area (Å²) in [6, 6.07) is 6.68. The van der Waals surface area contributed by atoms with Gasteiger partial charge in [0.25, 0.3) is 0 Å². The highest BCUT2D eigenvalue weighted by molar-refractivity contribution is 6.30. The smallest absolute Gasteiger partial charge is 0.0413 e. The van der Waals surface area contributed by atoms with Gasteiger partial charge in [0, 0.05) is 30.3 Å². The number of anilines is 1. The van der Waals surface area contributed by atoms with E-state index in [2.05, 4.69) is 43.1 Å². The monoisotopic (exact) mass is 224 g/mol. The summed E-state index contributed by atoms with van der Waals surface area (Å²) in [6.45, 7) is 1.11. The third kappa shape index (κ3) is 1.97. The molecular formula is C12H17ClN2. The molecule has 1 aliphatic rings. The van der Waals surface area contributed by atoms with Gasteiger partial charge in [-0.25, -0.2) is 0 Å². The van der Waals surface area contributed by atoms with Crippen molar-refractivity contribution in [1.82, 2.24) is 4.90 Å². The summed E-state index contributed by atoms with van der Waals surface area (Å²) in [6.07, 6.45) is 1.16. The van der Waals surface area contributed by atoms with Crippen LogP contribution in [0.15, 0.2) is 18.2 Å². The number of benzene rings is 1. The molecule has 1 aromatic carbocycles. The zero-order chi connectivity index (χ0) is 11.0. The van der Waals surface area contributed by atoms with Crippen molar-refractivity contribution in [3.8, 4) is 0 Å². The number of halogens is 1. The third-order valence-electron chi connectivity index (χ3n) is 3.12. The Kier molecular flexibility index (Phi) is 2.89. The lowest BCUT2D eigenvalue weighted by Gasteiger charge is -2.36. The Labute approximate surface area is 96.4 Å². The standard InChI is InChI=1S/C12H17ClN2/c1-14(2)11-6-7-15(3)12-5-4-9(13)8-10(11)12/h4-5,8,11H,6-7H2,1-3H3. The highest BCUT2D eigenvalue weighted by Gasteiger charge is 2.24. The molecule has 1 unspecified atom stereocenters. The molecule has 1 heterocycles. The van der Waals surface area contributed by atoms with E-state index in [1.165, 1.54) is 11.3 Å². The lowest BCUT2D eigenvalue weighted by molar-refractivity contribution is 0.279. The first-order chi connectivity index (χ1) is 7.09. The molecule has 0 radical (unpaired) electrons. The second-order valence-electron chi connectivity index (χ2n) is 4.39. The summed E-state index contributed by atoms with van der Waals surface area (Å²) in [5.74, 6) is 0. The lowest BCUT2D eigenvalue weighted by atomic mass is 9.96. The van der Waals surface area contributed by atoms with Crippen molar-refractivity contribution in [1.29, 1.82) is 0 Å². The summed E-state index contributed by atoms with van der Waals surface area (Å²) < 4.78 is 0. The van der Waals surface area contributed by atoms with E-state index < -0.39 is 0 Å². The van der Waals surface area contributed by atoms with Gasteiger partial charge in [0.15, 0.2) is 0 Å². The Morgan fingerprint density at radius 2 is 2.13 bits per heavy atom. The Balaban J connectivity index is 2.46. The van der Waals surface area contributed by atoms with Crippen LogP contribution in [0.5, 0.6) is 0 Å². The van der Waals surface area contributed by atoms with Crippen molar-refractivity contribution in [3.63, 3.8) is 0 Å². The molecule has 1 aromatic rings. The topological polar surface area (TPSA) is 6.48 Å². The van der Waals surface area contributed by atoms with Crippen molar-refractivity contribution < 1.29 is 0 Å². The summed E-state index contributed by atoms with van der Waals surface area (Å²) in [4.78, 5) is 4.56. The molecule has 0 amide bonds. The van der Waals surface area contributed by atoms with Gasteiger partial charge in [0.2, 0.25) is 0 Å². The molecule has 82 valence electrons. The van der Waals surface area contributed by atoms with E-state index in [0.717, 1.165) is 18.0 Å². The SMILES string of the molecule is CN1CCC(N(C)C)c2cc(Cl)ccc21. The fourth-order valence-corrected chi connectivity index (χ4v) is 2.45. The second-order valence-corrected chi connectivity index (χ2v) is 4.83. The average Bonchev–Trinajstić information content (AvgIpc) is 2.17. The maximum Gasteiger partial charge on any atom is 0.0413 e. The molecule has 0 bridgehead atoms. The fraction of sp³-hybridized carbons (Fsp3) is 0.500. The maximum absolute atomic E-state index is 6.06. The molecule has 0 aliphatic carbocycles. The van der Waals surface area contributed by atoms with Gasteiger partial charge in [-0.1, -0.05) is 11.6 Å². The van der Waals surface area contributed by atoms with Crippen LogP contribution in [0.25, 0.3) is 0 Å². The molecule has 2 nitrogen and oxygen atoms in total. The lowest BCUT2D eigenvalue weighted by Crippen LogP contribution is -2.32. The molecule has 3 heteroatoms. The predicted octanol–water partition coefficient (Wildman–Crippen LogP) is 2.78. The Bertz CT molecular complexity index is 363. The number of fused-ring (bicyclic) bond motifs is 1. The molecule has 0 saturated carbocycles. The van der Waals surface area contributed by atoms with Crippen LogP contribution in [0.2, 0.25) is 5.02 Å². The zero-order valence-corrected chi connectivity index (χ0v) is 10.3. The number of nitrogens with zero attached hydrogens (tertiary/aromatic N) is 2. The van der Waals surface area contributed by atoms with E-state index in [9.17, 15) is 0 Å². The van der Waals surface area contributed by atoms with Gasteiger partial charge in [-0.15, -0.1) is 0 Å². The van der Waals surface area contributed by atoms with E-state index in [-0.39, 0.29) is 0 Å². The molecule has 0 aromatic heterocycles. The fourth-order valence-electron chi connectivity index (χ4n) is 2.27. The summed E-state index contributed by atoms with van der Waals surface area (Å²) in [7, 11) is 6.39. The molecule has 0 saturated heterocycles. The van der Waals surface area contributed by atoms with E-state index >= 15 is 0 Å². The van der Waals surface area contributed by atoms with Crippen LogP contribution >= 0.6 is 11.6 Å². The molecule has 0 fully saturated rings. The van der Waals surface area contributed by atoms with E-state index in [1.54, 1.807) is 0 Å². The van der Waals surface area contributed by atoms with Gasteiger partial charge in [0.05, 0.1) is 0 Å². The first-order valence-corrected chi connectivity index (χ1v) is 5.64. The van der Waals surface area contributed by atoms with Crippen LogP contribution in [0, 0.1) is 0 Å². The van der Waals surface area contributed by atoms with Gasteiger partial charge in [-0.2, -0.15) is 0 Å². The largest absolute Gasteiger partial charge is 0.374 e. The van der Waals surface area contributed by atoms with Crippen molar-refractivity contribution in [3.05, 3.63) is 28.8 Å². The summed E-state index contributed by atoms with van der Waals surface area (Å²) >= 11 is 6.06. The maximum atomic E-state index is 6.06. The number of rotatable bonds is 1. The van der Waals surface area contributed by atoms with Crippen molar-refractivity contribution in [2.45, 2.75) is 12.5 Å². The van der Waals surface area contributed by atoms with Crippen molar-refractivity contribution in [2.75, 3.05) is 32.6 Å². The minimum atomic E-state index is 0.495. The minimum Gasteiger partial charge on any atom is -0.374 e. The van der Waals surface area contributed by atoms with Crippen LogP contribution < -0.4 is 4.90 Å². The molecule has 0 N–H and O–H groups in total. The van der Waals surface area contributed by atoms with Gasteiger partial charge in [-0.05, 0) is 44.3 Å². The molecule has 2 rings (SSSR count). The first-order valence-electron chi connectivity index (χ1n) is 5.26.